The third kappa shape index (κ3) is 2.46. The van der Waals surface area contributed by atoms with E-state index in [0.717, 1.165) is 24.2 Å². The Balaban J connectivity index is 2.84. The molecule has 20 heavy (non-hydrogen) atoms. The Labute approximate surface area is 116 Å². The van der Waals surface area contributed by atoms with Crippen LogP contribution in [-0.2, 0) is 15.8 Å². The van der Waals surface area contributed by atoms with Gasteiger partial charge in [-0.2, -0.15) is 8.78 Å². The maximum absolute atomic E-state index is 13.5. The Bertz CT molecular complexity index is 760. The van der Waals surface area contributed by atoms with Crippen molar-refractivity contribution in [1.82, 2.24) is 19.6 Å². The quantitative estimate of drug-likeness (QED) is 0.789. The van der Waals surface area contributed by atoms with E-state index in [2.05, 4.69) is 15.1 Å². The number of alkyl halides is 3. The molecule has 0 radical (unpaired) electrons. The number of sulfone groups is 1. The first-order chi connectivity index (χ1) is 9.20. The minimum Gasteiger partial charge on any atom is -0.244 e. The van der Waals surface area contributed by atoms with Gasteiger partial charge in [-0.3, -0.25) is 0 Å². The molecule has 0 saturated carbocycles. The topological polar surface area (TPSA) is 77.2 Å². The van der Waals surface area contributed by atoms with Gasteiger partial charge in [-0.1, -0.05) is 0 Å². The number of hydrogen-bond donors (Lipinski definition) is 0. The second-order valence-corrected chi connectivity index (χ2v) is 6.60. The van der Waals surface area contributed by atoms with Gasteiger partial charge in [0.1, 0.15) is 10.7 Å². The number of rotatable bonds is 4. The highest BCUT2D eigenvalue weighted by atomic mass is 32.2. The Hall–Kier alpha value is -1.36. The van der Waals surface area contributed by atoms with Crippen LogP contribution in [0, 0.1) is 0 Å². The molecule has 0 spiro atoms. The molecule has 6 nitrogen and oxygen atoms in total. The number of aromatic nitrogens is 4. The van der Waals surface area contributed by atoms with Gasteiger partial charge in [0.05, 0.1) is 6.20 Å². The molecule has 0 amide bonds. The van der Waals surface area contributed by atoms with Gasteiger partial charge >= 0.3 is 5.92 Å². The molecule has 0 N–H and O–H groups in total. The van der Waals surface area contributed by atoms with Crippen LogP contribution in [0.1, 0.15) is 5.69 Å². The van der Waals surface area contributed by atoms with Crippen molar-refractivity contribution in [2.75, 3.05) is 19.2 Å². The van der Waals surface area contributed by atoms with E-state index in [9.17, 15) is 21.6 Å². The van der Waals surface area contributed by atoms with Gasteiger partial charge in [0, 0.05) is 6.26 Å². The molecule has 0 bridgehead atoms. The van der Waals surface area contributed by atoms with Gasteiger partial charge in [0.25, 0.3) is 5.16 Å². The number of thioether (sulfide) groups is 1. The lowest BCUT2D eigenvalue weighted by molar-refractivity contribution is -0.0339. The van der Waals surface area contributed by atoms with Crippen LogP contribution in [0.4, 0.5) is 13.2 Å². The molecule has 2 rings (SSSR count). The lowest BCUT2D eigenvalue weighted by Gasteiger charge is -2.11. The van der Waals surface area contributed by atoms with Crippen molar-refractivity contribution in [2.24, 2.45) is 0 Å². The molecule has 0 atom stereocenters. The highest BCUT2D eigenvalue weighted by molar-refractivity contribution is 7.98. The van der Waals surface area contributed by atoms with E-state index in [1.807, 2.05) is 0 Å². The maximum Gasteiger partial charge on any atom is 0.319 e. The van der Waals surface area contributed by atoms with Gasteiger partial charge < -0.3 is 0 Å². The van der Waals surface area contributed by atoms with Gasteiger partial charge in [-0.25, -0.2) is 27.3 Å². The summed E-state index contributed by atoms with van der Waals surface area (Å²) in [5.74, 6) is -3.81. The van der Waals surface area contributed by atoms with Crippen molar-refractivity contribution in [3.63, 3.8) is 0 Å². The zero-order chi connectivity index (χ0) is 15.1. The number of halogens is 3. The molecular formula is C9H9F3N4O2S2. The molecule has 2 aromatic heterocycles. The largest absolute Gasteiger partial charge is 0.319 e. The van der Waals surface area contributed by atoms with Crippen LogP contribution in [0.15, 0.2) is 16.4 Å². The second-order valence-electron chi connectivity index (χ2n) is 3.89. The van der Waals surface area contributed by atoms with Crippen LogP contribution in [0.5, 0.6) is 0 Å². The minimum absolute atomic E-state index is 0.0481. The van der Waals surface area contributed by atoms with E-state index < -0.39 is 33.3 Å². The zero-order valence-corrected chi connectivity index (χ0v) is 12.0. The highest BCUT2D eigenvalue weighted by Gasteiger charge is 2.37. The smallest absolute Gasteiger partial charge is 0.244 e. The Morgan fingerprint density at radius 3 is 2.60 bits per heavy atom. The highest BCUT2D eigenvalue weighted by Crippen LogP contribution is 2.30. The van der Waals surface area contributed by atoms with E-state index in [1.165, 1.54) is 0 Å². The van der Waals surface area contributed by atoms with E-state index in [4.69, 9.17) is 0 Å². The van der Waals surface area contributed by atoms with E-state index in [1.54, 1.807) is 6.26 Å². The van der Waals surface area contributed by atoms with Crippen molar-refractivity contribution in [3.05, 3.63) is 11.9 Å². The molecule has 0 unspecified atom stereocenters. The van der Waals surface area contributed by atoms with Crippen molar-refractivity contribution in [2.45, 2.75) is 16.1 Å². The van der Waals surface area contributed by atoms with Gasteiger partial charge in [0.2, 0.25) is 9.84 Å². The molecule has 0 saturated heterocycles. The summed E-state index contributed by atoms with van der Waals surface area (Å²) in [5.41, 5.74) is -0.870. The number of nitrogens with zero attached hydrogens (tertiary/aromatic N) is 4. The van der Waals surface area contributed by atoms with Crippen molar-refractivity contribution >= 4 is 27.2 Å². The number of hydrogen-bond acceptors (Lipinski definition) is 6. The summed E-state index contributed by atoms with van der Waals surface area (Å²) >= 11 is 1.02. The van der Waals surface area contributed by atoms with Crippen LogP contribution in [0.25, 0.3) is 5.65 Å². The molecule has 0 aliphatic carbocycles. The van der Waals surface area contributed by atoms with Crippen molar-refractivity contribution in [1.29, 1.82) is 0 Å². The fourth-order valence-corrected chi connectivity index (χ4v) is 2.49. The lowest BCUT2D eigenvalue weighted by Crippen LogP contribution is -2.20. The van der Waals surface area contributed by atoms with E-state index >= 15 is 0 Å². The summed E-state index contributed by atoms with van der Waals surface area (Å²) in [5, 5.41) is 3.01. The predicted octanol–water partition coefficient (Wildman–Crippen LogP) is 1.31. The average Bonchev–Trinajstić information content (AvgIpc) is 2.80. The summed E-state index contributed by atoms with van der Waals surface area (Å²) in [4.78, 5) is 7.46. The van der Waals surface area contributed by atoms with Crippen LogP contribution in [-0.4, -0.2) is 47.2 Å². The number of imidazole rings is 1. The normalized spacial score (nSPS) is 13.1. The fraction of sp³-hybridized carbons (Fsp3) is 0.444. The number of fused-ring (bicyclic) bond motifs is 1. The predicted molar refractivity (Wildman–Crippen MR) is 65.5 cm³/mol. The molecule has 0 fully saturated rings. The first kappa shape index (κ1) is 15.0. The average molecular weight is 326 g/mol. The first-order valence-electron chi connectivity index (χ1n) is 5.15. The lowest BCUT2D eigenvalue weighted by atomic mass is 10.3. The summed E-state index contributed by atoms with van der Waals surface area (Å²) < 4.78 is 62.9. The molecular weight excluding hydrogens is 317 g/mol. The van der Waals surface area contributed by atoms with Crippen LogP contribution in [0.3, 0.4) is 0 Å². The minimum atomic E-state index is -3.81. The van der Waals surface area contributed by atoms with Crippen molar-refractivity contribution in [3.8, 4) is 0 Å². The fourth-order valence-electron chi connectivity index (χ4n) is 1.45. The molecule has 2 aromatic rings. The third-order valence-electron chi connectivity index (χ3n) is 2.38. The first-order valence-corrected chi connectivity index (χ1v) is 8.26. The summed E-state index contributed by atoms with van der Waals surface area (Å²) in [6, 6.07) is 0. The SMILES string of the molecule is CSc1nc(S(C)(=O)=O)nn2c(C(F)(F)CF)cnc12. The molecule has 0 aliphatic heterocycles. The standard InChI is InChI=1S/C9H9F3N4O2S2/c1-19-7-6-13-3-5(9(11,12)4-10)16(6)15-8(14-7)20(2,17)18/h3H,4H2,1-2H3. The molecule has 0 aromatic carbocycles. The van der Waals surface area contributed by atoms with Crippen LogP contribution >= 0.6 is 11.8 Å². The Kier molecular flexibility index (Phi) is 3.67. The summed E-state index contributed by atoms with van der Waals surface area (Å²) in [6.45, 7) is -1.94. The van der Waals surface area contributed by atoms with Crippen LogP contribution < -0.4 is 0 Å². The Morgan fingerprint density at radius 1 is 1.45 bits per heavy atom. The van der Waals surface area contributed by atoms with Crippen LogP contribution in [0.2, 0.25) is 0 Å². The van der Waals surface area contributed by atoms with Gasteiger partial charge in [-0.15, -0.1) is 16.9 Å². The summed E-state index contributed by atoms with van der Waals surface area (Å²) in [6.07, 6.45) is 3.19. The van der Waals surface area contributed by atoms with Gasteiger partial charge in [0.15, 0.2) is 12.3 Å². The molecule has 0 aliphatic rings. The molecule has 2 heterocycles. The summed E-state index contributed by atoms with van der Waals surface area (Å²) in [7, 11) is -3.80. The van der Waals surface area contributed by atoms with E-state index in [-0.39, 0.29) is 10.7 Å². The van der Waals surface area contributed by atoms with E-state index in [0.29, 0.717) is 4.52 Å². The maximum atomic E-state index is 13.5. The Morgan fingerprint density at radius 2 is 2.10 bits per heavy atom. The van der Waals surface area contributed by atoms with Gasteiger partial charge in [-0.05, 0) is 6.26 Å². The molecule has 110 valence electrons. The molecule has 11 heteroatoms. The second kappa shape index (κ2) is 4.88. The monoisotopic (exact) mass is 326 g/mol. The third-order valence-corrected chi connectivity index (χ3v) is 3.88. The zero-order valence-electron chi connectivity index (χ0n) is 10.3. The van der Waals surface area contributed by atoms with Crippen molar-refractivity contribution < 1.29 is 21.6 Å².